The van der Waals surface area contributed by atoms with Gasteiger partial charge in [-0.3, -0.25) is 14.8 Å². The summed E-state index contributed by atoms with van der Waals surface area (Å²) in [5.41, 5.74) is 9.88. The van der Waals surface area contributed by atoms with Crippen LogP contribution >= 0.6 is 23.6 Å². The molecule has 1 aliphatic carbocycles. The Morgan fingerprint density at radius 2 is 2.03 bits per heavy atom. The lowest BCUT2D eigenvalue weighted by Crippen LogP contribution is -2.42. The first-order valence-corrected chi connectivity index (χ1v) is 12.8. The van der Waals surface area contributed by atoms with Gasteiger partial charge in [-0.05, 0) is 47.3 Å². The number of rotatable bonds is 5. The largest absolute Gasteiger partial charge is 0.489 e. The van der Waals surface area contributed by atoms with Gasteiger partial charge in [0, 0.05) is 17.7 Å². The molecule has 1 atom stereocenters. The van der Waals surface area contributed by atoms with Crippen LogP contribution in [-0.2, 0) is 11.4 Å². The third kappa shape index (κ3) is 4.45. The number of aromatic amines is 1. The van der Waals surface area contributed by atoms with Gasteiger partial charge in [0.15, 0.2) is 9.74 Å². The summed E-state index contributed by atoms with van der Waals surface area (Å²) in [4.78, 5) is 15.4. The minimum atomic E-state index is -0.586. The van der Waals surface area contributed by atoms with E-state index < -0.39 is 5.92 Å². The molecule has 7 nitrogen and oxygen atoms in total. The number of nitrogens with two attached hydrogens (primary N) is 1. The van der Waals surface area contributed by atoms with Crippen LogP contribution in [0.4, 0.5) is 5.13 Å². The predicted octanol–water partition coefficient (Wildman–Crippen LogP) is 5.72. The predicted molar refractivity (Wildman–Crippen MR) is 142 cm³/mol. The van der Waals surface area contributed by atoms with Gasteiger partial charge >= 0.3 is 0 Å². The van der Waals surface area contributed by atoms with Crippen LogP contribution in [0.1, 0.15) is 43.7 Å². The van der Waals surface area contributed by atoms with Crippen molar-refractivity contribution in [1.29, 1.82) is 5.26 Å². The minimum Gasteiger partial charge on any atom is -0.489 e. The molecule has 9 heteroatoms. The Labute approximate surface area is 218 Å². The van der Waals surface area contributed by atoms with Gasteiger partial charge < -0.3 is 10.5 Å². The maximum Gasteiger partial charge on any atom is 0.216 e. The van der Waals surface area contributed by atoms with Crippen LogP contribution in [0.3, 0.4) is 0 Å². The summed E-state index contributed by atoms with van der Waals surface area (Å²) >= 11 is 6.50. The Kier molecular flexibility index (Phi) is 6.24. The molecular formula is C27H25N5O2S2. The van der Waals surface area contributed by atoms with Crippen molar-refractivity contribution in [2.45, 2.75) is 39.2 Å². The standard InChI is InChI=1S/C27H25N5O2S2/c1-27(2)12-20-23(21(33)13-27)22(19(14-28)24(29)32(20)25-30-31-26(35)36-25)17-9-6-10-18(11-17)34-15-16-7-4-3-5-8-16/h3-11,22H,12-13,15,29H2,1-2H3,(H,31,35). The van der Waals surface area contributed by atoms with Crippen LogP contribution in [0.25, 0.3) is 0 Å². The maximum atomic E-state index is 13.6. The molecule has 182 valence electrons. The number of ether oxygens (including phenoxy) is 1. The van der Waals surface area contributed by atoms with Crippen LogP contribution < -0.4 is 15.4 Å². The number of carbonyl (C=O) groups excluding carboxylic acids is 1. The zero-order valence-electron chi connectivity index (χ0n) is 19.9. The van der Waals surface area contributed by atoms with Crippen LogP contribution in [-0.4, -0.2) is 16.0 Å². The van der Waals surface area contributed by atoms with E-state index in [2.05, 4.69) is 30.1 Å². The summed E-state index contributed by atoms with van der Waals surface area (Å²) in [7, 11) is 0. The number of hydrogen-bond donors (Lipinski definition) is 2. The Balaban J connectivity index is 1.61. The molecule has 5 rings (SSSR count). The van der Waals surface area contributed by atoms with Crippen molar-refractivity contribution >= 4 is 34.5 Å². The van der Waals surface area contributed by atoms with Crippen molar-refractivity contribution in [1.82, 2.24) is 10.2 Å². The molecule has 1 unspecified atom stereocenters. The molecule has 0 bridgehead atoms. The van der Waals surface area contributed by atoms with Gasteiger partial charge in [0.25, 0.3) is 0 Å². The van der Waals surface area contributed by atoms with E-state index in [4.69, 9.17) is 22.7 Å². The zero-order chi connectivity index (χ0) is 25.4. The number of carbonyl (C=O) groups is 1. The van der Waals surface area contributed by atoms with Crippen molar-refractivity contribution in [2.75, 3.05) is 4.90 Å². The van der Waals surface area contributed by atoms with Gasteiger partial charge in [-0.15, -0.1) is 5.10 Å². The van der Waals surface area contributed by atoms with Gasteiger partial charge in [0.2, 0.25) is 5.13 Å². The van der Waals surface area contributed by atoms with E-state index in [0.29, 0.717) is 45.4 Å². The number of hydrogen-bond acceptors (Lipinski definition) is 8. The van der Waals surface area contributed by atoms with Crippen LogP contribution in [0.15, 0.2) is 77.3 Å². The first kappa shape index (κ1) is 24.0. The molecule has 0 amide bonds. The number of Topliss-reactive ketones (excluding diaryl/α,β-unsaturated/α-hetero) is 1. The fraction of sp³-hybridized carbons (Fsp3) is 0.259. The van der Waals surface area contributed by atoms with Crippen molar-refractivity contribution in [3.8, 4) is 11.8 Å². The second-order valence-corrected chi connectivity index (χ2v) is 11.4. The van der Waals surface area contributed by atoms with E-state index >= 15 is 0 Å². The highest BCUT2D eigenvalue weighted by molar-refractivity contribution is 7.73. The smallest absolute Gasteiger partial charge is 0.216 e. The molecule has 2 aliphatic rings. The second-order valence-electron chi connectivity index (χ2n) is 9.72. The van der Waals surface area contributed by atoms with Gasteiger partial charge in [0.1, 0.15) is 18.2 Å². The average Bonchev–Trinajstić information content (AvgIpc) is 3.27. The normalized spacial score (nSPS) is 19.2. The Morgan fingerprint density at radius 1 is 1.25 bits per heavy atom. The maximum absolute atomic E-state index is 13.6. The fourth-order valence-electron chi connectivity index (χ4n) is 4.90. The van der Waals surface area contributed by atoms with Crippen molar-refractivity contribution in [3.63, 3.8) is 0 Å². The van der Waals surface area contributed by atoms with E-state index in [1.807, 2.05) is 54.6 Å². The summed E-state index contributed by atoms with van der Waals surface area (Å²) in [5, 5.41) is 17.8. The highest BCUT2D eigenvalue weighted by Gasteiger charge is 2.45. The molecule has 3 aromatic rings. The van der Waals surface area contributed by atoms with E-state index in [1.165, 1.54) is 11.3 Å². The van der Waals surface area contributed by atoms with E-state index in [-0.39, 0.29) is 17.0 Å². The Hall–Kier alpha value is -3.74. The summed E-state index contributed by atoms with van der Waals surface area (Å²) in [6.45, 7) is 4.54. The van der Waals surface area contributed by atoms with Crippen LogP contribution in [0, 0.1) is 20.7 Å². The highest BCUT2D eigenvalue weighted by atomic mass is 32.1. The van der Waals surface area contributed by atoms with Crippen molar-refractivity contribution in [3.05, 3.63) is 92.3 Å². The van der Waals surface area contributed by atoms with E-state index in [9.17, 15) is 10.1 Å². The molecule has 2 heterocycles. The molecule has 0 fully saturated rings. The number of aromatic nitrogens is 2. The quantitative estimate of drug-likeness (QED) is 0.418. The van der Waals surface area contributed by atoms with E-state index in [0.717, 1.165) is 16.8 Å². The molecule has 1 aromatic heterocycles. The summed E-state index contributed by atoms with van der Waals surface area (Å²) in [5.74, 6) is 0.342. The monoisotopic (exact) mass is 515 g/mol. The van der Waals surface area contributed by atoms with Gasteiger partial charge in [0.05, 0.1) is 17.6 Å². The third-order valence-electron chi connectivity index (χ3n) is 6.44. The Bertz CT molecular complexity index is 1490. The third-order valence-corrected chi connectivity index (χ3v) is 7.51. The summed E-state index contributed by atoms with van der Waals surface area (Å²) < 4.78 is 6.53. The molecule has 36 heavy (non-hydrogen) atoms. The lowest BCUT2D eigenvalue weighted by molar-refractivity contribution is -0.118. The molecule has 1 aliphatic heterocycles. The molecule has 0 spiro atoms. The number of benzene rings is 2. The molecule has 0 radical (unpaired) electrons. The van der Waals surface area contributed by atoms with E-state index in [1.54, 1.807) is 4.90 Å². The average molecular weight is 516 g/mol. The molecule has 3 N–H and O–H groups in total. The Morgan fingerprint density at radius 3 is 2.72 bits per heavy atom. The molecule has 2 aromatic carbocycles. The van der Waals surface area contributed by atoms with Crippen molar-refractivity contribution in [2.24, 2.45) is 11.1 Å². The zero-order valence-corrected chi connectivity index (χ0v) is 21.6. The van der Waals surface area contributed by atoms with Gasteiger partial charge in [-0.1, -0.05) is 67.6 Å². The lowest BCUT2D eigenvalue weighted by atomic mass is 9.68. The number of nitriles is 1. The first-order valence-electron chi connectivity index (χ1n) is 11.6. The molecular weight excluding hydrogens is 490 g/mol. The number of nitrogens with one attached hydrogen (secondary N) is 1. The molecule has 0 saturated carbocycles. The number of ketones is 1. The highest BCUT2D eigenvalue weighted by Crippen LogP contribution is 2.50. The second kappa shape index (κ2) is 9.37. The first-order chi connectivity index (χ1) is 17.3. The van der Waals surface area contributed by atoms with Crippen LogP contribution in [0.2, 0.25) is 0 Å². The number of anilines is 1. The van der Waals surface area contributed by atoms with Gasteiger partial charge in [-0.25, -0.2) is 0 Å². The fourth-order valence-corrected chi connectivity index (χ4v) is 5.82. The van der Waals surface area contributed by atoms with Crippen LogP contribution in [0.5, 0.6) is 5.75 Å². The summed E-state index contributed by atoms with van der Waals surface area (Å²) in [6.07, 6.45) is 0.996. The van der Waals surface area contributed by atoms with Crippen molar-refractivity contribution < 1.29 is 9.53 Å². The number of allylic oxidation sites excluding steroid dienone is 3. The SMILES string of the molecule is CC1(C)CC(=O)C2=C(C1)N(c1n[nH]c(=S)s1)C(N)=C(C#N)C2c1cccc(OCc2ccccc2)c1. The number of nitrogens with zero attached hydrogens (tertiary/aromatic N) is 3. The number of H-pyrrole nitrogens is 1. The molecule has 0 saturated heterocycles. The topological polar surface area (TPSA) is 108 Å². The summed E-state index contributed by atoms with van der Waals surface area (Å²) in [6, 6.07) is 19.7. The lowest BCUT2D eigenvalue weighted by Gasteiger charge is -2.42. The van der Waals surface area contributed by atoms with Gasteiger partial charge in [-0.2, -0.15) is 5.26 Å². The minimum absolute atomic E-state index is 0.00578.